The van der Waals surface area contributed by atoms with Crippen LogP contribution in [0.25, 0.3) is 11.0 Å². The van der Waals surface area contributed by atoms with Crippen LogP contribution in [0.15, 0.2) is 18.2 Å². The van der Waals surface area contributed by atoms with Crippen LogP contribution in [0, 0.1) is 11.3 Å². The van der Waals surface area contributed by atoms with Crippen LogP contribution < -0.4 is 0 Å². The molecule has 21 heavy (non-hydrogen) atoms. The smallest absolute Gasteiger partial charge is 0.329 e. The van der Waals surface area contributed by atoms with E-state index >= 15 is 0 Å². The molecule has 2 aromatic rings. The summed E-state index contributed by atoms with van der Waals surface area (Å²) in [4.78, 5) is 12.8. The van der Waals surface area contributed by atoms with Crippen molar-refractivity contribution in [1.82, 2.24) is 13.6 Å². The van der Waals surface area contributed by atoms with Gasteiger partial charge < -0.3 is 4.90 Å². The van der Waals surface area contributed by atoms with Crippen molar-refractivity contribution >= 4 is 28.7 Å². The first kappa shape index (κ1) is 15.2. The predicted octanol–water partition coefficient (Wildman–Crippen LogP) is 2.61. The van der Waals surface area contributed by atoms with Gasteiger partial charge in [0, 0.05) is 12.1 Å². The fourth-order valence-electron chi connectivity index (χ4n) is 1.75. The van der Waals surface area contributed by atoms with E-state index in [9.17, 15) is 18.0 Å². The van der Waals surface area contributed by atoms with E-state index in [4.69, 9.17) is 5.26 Å². The minimum atomic E-state index is -4.52. The minimum Gasteiger partial charge on any atom is -0.329 e. The molecule has 1 aromatic carbocycles. The zero-order valence-corrected chi connectivity index (χ0v) is 11.4. The Morgan fingerprint density at radius 2 is 2.05 bits per heavy atom. The van der Waals surface area contributed by atoms with Crippen molar-refractivity contribution < 1.29 is 18.0 Å². The molecule has 0 N–H and O–H groups in total. The van der Waals surface area contributed by atoms with Crippen molar-refractivity contribution in [3.05, 3.63) is 23.8 Å². The Kier molecular flexibility index (Phi) is 4.37. The van der Waals surface area contributed by atoms with Crippen molar-refractivity contribution in [2.24, 2.45) is 0 Å². The van der Waals surface area contributed by atoms with E-state index in [1.54, 1.807) is 6.07 Å². The van der Waals surface area contributed by atoms with E-state index in [1.165, 1.54) is 18.2 Å². The Hall–Kier alpha value is -2.21. The molecule has 0 radical (unpaired) electrons. The van der Waals surface area contributed by atoms with Crippen molar-refractivity contribution in [3.63, 3.8) is 0 Å². The average Bonchev–Trinajstić information content (AvgIpc) is 2.88. The summed E-state index contributed by atoms with van der Waals surface area (Å²) in [5.74, 6) is -0.780. The second kappa shape index (κ2) is 6.05. The molecule has 0 fully saturated rings. The summed E-state index contributed by atoms with van der Waals surface area (Å²) in [5, 5.41) is 8.49. The number of nitrogens with zero attached hydrogens (tertiary/aromatic N) is 4. The molecule has 0 aliphatic rings. The van der Waals surface area contributed by atoms with Gasteiger partial charge in [0.15, 0.2) is 0 Å². The van der Waals surface area contributed by atoms with E-state index in [-0.39, 0.29) is 18.5 Å². The number of hydrogen-bond donors (Lipinski definition) is 0. The third kappa shape index (κ3) is 3.88. The topological polar surface area (TPSA) is 69.9 Å². The molecule has 0 atom stereocenters. The van der Waals surface area contributed by atoms with Crippen LogP contribution in [0.3, 0.4) is 0 Å². The van der Waals surface area contributed by atoms with E-state index < -0.39 is 18.6 Å². The summed E-state index contributed by atoms with van der Waals surface area (Å²) < 4.78 is 45.4. The number of rotatable bonds is 4. The molecule has 0 spiro atoms. The van der Waals surface area contributed by atoms with Crippen LogP contribution in [0.5, 0.6) is 0 Å². The quantitative estimate of drug-likeness (QED) is 0.870. The number of nitriles is 1. The fourth-order valence-corrected chi connectivity index (χ4v) is 2.27. The number of carbonyl (C=O) groups excluding carboxylic acids is 1. The van der Waals surface area contributed by atoms with Gasteiger partial charge in [0.2, 0.25) is 0 Å². The Morgan fingerprint density at radius 1 is 1.33 bits per heavy atom. The zero-order chi connectivity index (χ0) is 15.5. The first-order valence-electron chi connectivity index (χ1n) is 5.86. The molecule has 0 saturated carbocycles. The maximum atomic E-state index is 12.5. The Morgan fingerprint density at radius 3 is 2.71 bits per heavy atom. The summed E-state index contributed by atoms with van der Waals surface area (Å²) in [7, 11) is 0. The van der Waals surface area contributed by atoms with Gasteiger partial charge in [0.05, 0.1) is 24.2 Å². The van der Waals surface area contributed by atoms with Crippen LogP contribution >= 0.6 is 11.7 Å². The van der Waals surface area contributed by atoms with Crippen LogP contribution in [0.4, 0.5) is 13.2 Å². The lowest BCUT2D eigenvalue weighted by Gasteiger charge is -2.23. The van der Waals surface area contributed by atoms with Gasteiger partial charge >= 0.3 is 6.18 Å². The van der Waals surface area contributed by atoms with Crippen molar-refractivity contribution in [2.45, 2.75) is 12.6 Å². The van der Waals surface area contributed by atoms with Crippen LogP contribution in [-0.4, -0.2) is 38.8 Å². The molecule has 0 saturated heterocycles. The van der Waals surface area contributed by atoms with Gasteiger partial charge in [-0.15, -0.1) is 0 Å². The monoisotopic (exact) mass is 314 g/mol. The van der Waals surface area contributed by atoms with Crippen molar-refractivity contribution in [3.8, 4) is 6.07 Å². The van der Waals surface area contributed by atoms with Gasteiger partial charge in [-0.05, 0) is 18.2 Å². The molecular weight excluding hydrogens is 305 g/mol. The molecule has 2 rings (SSSR count). The number of halogens is 3. The molecule has 0 unspecified atom stereocenters. The van der Waals surface area contributed by atoms with Crippen LogP contribution in [-0.2, 0) is 0 Å². The van der Waals surface area contributed by atoms with Crippen molar-refractivity contribution in [2.75, 3.05) is 13.1 Å². The molecule has 1 heterocycles. The number of benzene rings is 1. The summed E-state index contributed by atoms with van der Waals surface area (Å²) in [5.41, 5.74) is 1.13. The predicted molar refractivity (Wildman–Crippen MR) is 69.6 cm³/mol. The second-order valence-corrected chi connectivity index (χ2v) is 4.75. The molecule has 0 aliphatic carbocycles. The fraction of sp³-hybridized carbons (Fsp3) is 0.333. The number of aromatic nitrogens is 2. The van der Waals surface area contributed by atoms with Crippen LogP contribution in [0.1, 0.15) is 16.8 Å². The average molecular weight is 314 g/mol. The lowest BCUT2D eigenvalue weighted by Crippen LogP contribution is -2.39. The highest BCUT2D eigenvalue weighted by Gasteiger charge is 2.33. The molecule has 0 bridgehead atoms. The first-order valence-corrected chi connectivity index (χ1v) is 6.59. The van der Waals surface area contributed by atoms with Gasteiger partial charge in [-0.3, -0.25) is 4.79 Å². The number of alkyl halides is 3. The number of carbonyl (C=O) groups is 1. The summed E-state index contributed by atoms with van der Waals surface area (Å²) in [6.45, 7) is -1.66. The minimum absolute atomic E-state index is 0.0948. The molecule has 5 nitrogen and oxygen atoms in total. The lowest BCUT2D eigenvalue weighted by atomic mass is 10.1. The Bertz CT molecular complexity index is 692. The number of fused-ring (bicyclic) bond motifs is 1. The van der Waals surface area contributed by atoms with Crippen LogP contribution in [0.2, 0.25) is 0 Å². The normalized spacial score (nSPS) is 11.3. The third-order valence-electron chi connectivity index (χ3n) is 2.65. The van der Waals surface area contributed by atoms with Gasteiger partial charge in [-0.25, -0.2) is 0 Å². The van der Waals surface area contributed by atoms with Gasteiger partial charge in [0.25, 0.3) is 5.91 Å². The number of amides is 1. The largest absolute Gasteiger partial charge is 0.406 e. The third-order valence-corrected chi connectivity index (χ3v) is 3.21. The molecule has 110 valence electrons. The zero-order valence-electron chi connectivity index (χ0n) is 10.6. The van der Waals surface area contributed by atoms with Gasteiger partial charge in [0.1, 0.15) is 17.6 Å². The van der Waals surface area contributed by atoms with E-state index in [2.05, 4.69) is 8.75 Å². The van der Waals surface area contributed by atoms with Gasteiger partial charge in [-0.2, -0.15) is 27.2 Å². The number of hydrogen-bond acceptors (Lipinski definition) is 5. The SMILES string of the molecule is N#CCCN(CC(F)(F)F)C(=O)c1ccc2nsnc2c1. The van der Waals surface area contributed by atoms with E-state index in [0.29, 0.717) is 15.9 Å². The highest BCUT2D eigenvalue weighted by Crippen LogP contribution is 2.20. The lowest BCUT2D eigenvalue weighted by molar-refractivity contribution is -0.140. The molecule has 1 amide bonds. The Balaban J connectivity index is 2.25. The van der Waals surface area contributed by atoms with Crippen molar-refractivity contribution in [1.29, 1.82) is 5.26 Å². The standard InChI is InChI=1S/C12H9F3N4OS/c13-12(14,15)7-19(5-1-4-16)11(20)8-2-3-9-10(6-8)18-21-17-9/h2-3,6H,1,5,7H2. The maximum Gasteiger partial charge on any atom is 0.406 e. The molecular formula is C12H9F3N4OS. The maximum absolute atomic E-state index is 12.5. The summed E-state index contributed by atoms with van der Waals surface area (Å²) >= 11 is 0.958. The molecule has 9 heteroatoms. The summed E-state index contributed by atoms with van der Waals surface area (Å²) in [6.07, 6.45) is -4.68. The Labute approximate surface area is 121 Å². The van der Waals surface area contributed by atoms with Gasteiger partial charge in [-0.1, -0.05) is 0 Å². The highest BCUT2D eigenvalue weighted by atomic mass is 32.1. The molecule has 0 aliphatic heterocycles. The molecule has 1 aromatic heterocycles. The first-order chi connectivity index (χ1) is 9.90. The van der Waals surface area contributed by atoms with E-state index in [0.717, 1.165) is 11.7 Å². The van der Waals surface area contributed by atoms with E-state index in [1.807, 2.05) is 0 Å². The second-order valence-electron chi connectivity index (χ2n) is 4.22. The summed E-state index contributed by atoms with van der Waals surface area (Å²) in [6, 6.07) is 6.07. The highest BCUT2D eigenvalue weighted by molar-refractivity contribution is 7.00.